The molecule has 7 nitrogen and oxygen atoms in total. The fourth-order valence-electron chi connectivity index (χ4n) is 2.24. The van der Waals surface area contributed by atoms with Crippen LogP contribution in [0.5, 0.6) is 0 Å². The lowest BCUT2D eigenvalue weighted by atomic mass is 9.88. The number of carbonyl (C=O) groups is 1. The zero-order valence-electron chi connectivity index (χ0n) is 11.4. The van der Waals surface area contributed by atoms with E-state index in [4.69, 9.17) is 19.3 Å². The van der Waals surface area contributed by atoms with Crippen LogP contribution < -0.4 is 5.32 Å². The lowest BCUT2D eigenvalue weighted by Crippen LogP contribution is -2.60. The van der Waals surface area contributed by atoms with Crippen molar-refractivity contribution in [3.8, 4) is 0 Å². The Kier molecular flexibility index (Phi) is 6.11. The zero-order valence-corrected chi connectivity index (χ0v) is 12.3. The van der Waals surface area contributed by atoms with E-state index in [0.29, 0.717) is 12.8 Å². The van der Waals surface area contributed by atoms with E-state index < -0.39 is 32.4 Å². The predicted molar refractivity (Wildman–Crippen MR) is 69.4 cm³/mol. The molecule has 1 amide bonds. The molecule has 1 rings (SSSR count). The van der Waals surface area contributed by atoms with Crippen LogP contribution in [0.15, 0.2) is 0 Å². The van der Waals surface area contributed by atoms with Gasteiger partial charge in [0.2, 0.25) is 5.91 Å². The van der Waals surface area contributed by atoms with Gasteiger partial charge in [0, 0.05) is 26.6 Å². The molecule has 1 aliphatic rings. The molecule has 0 radical (unpaired) electrons. The summed E-state index contributed by atoms with van der Waals surface area (Å²) in [5.41, 5.74) is -0.707. The van der Waals surface area contributed by atoms with Crippen LogP contribution >= 0.6 is 8.38 Å². The van der Waals surface area contributed by atoms with Gasteiger partial charge in [-0.15, -0.1) is 0 Å². The normalized spacial score (nSPS) is 35.4. The number of ether oxygens (including phenoxy) is 2. The van der Waals surface area contributed by atoms with Crippen molar-refractivity contribution in [1.82, 2.24) is 5.32 Å². The quantitative estimate of drug-likeness (QED) is 0.518. The first-order valence-corrected chi connectivity index (χ1v) is 7.52. The predicted octanol–water partition coefficient (Wildman–Crippen LogP) is -0.310. The lowest BCUT2D eigenvalue weighted by molar-refractivity contribution is -0.256. The fraction of sp³-hybridized carbons (Fsp3) is 0.909. The van der Waals surface area contributed by atoms with Crippen molar-refractivity contribution in [1.29, 1.82) is 0 Å². The maximum atomic E-state index is 11.1. The molecule has 0 aromatic heterocycles. The Labute approximate surface area is 113 Å². The van der Waals surface area contributed by atoms with Gasteiger partial charge in [-0.05, 0) is 13.3 Å². The van der Waals surface area contributed by atoms with E-state index in [9.17, 15) is 9.90 Å². The topological polar surface area (TPSA) is 108 Å². The van der Waals surface area contributed by atoms with Crippen LogP contribution in [-0.2, 0) is 14.3 Å². The van der Waals surface area contributed by atoms with Gasteiger partial charge in [-0.3, -0.25) is 4.79 Å². The Bertz CT molecular complexity index is 316. The average molecular weight is 295 g/mol. The molecule has 4 N–H and O–H groups in total. The van der Waals surface area contributed by atoms with Gasteiger partial charge in [0.1, 0.15) is 6.04 Å². The molecule has 19 heavy (non-hydrogen) atoms. The van der Waals surface area contributed by atoms with Gasteiger partial charge in [0.05, 0.1) is 11.7 Å². The molecule has 0 saturated carbocycles. The Morgan fingerprint density at radius 2 is 2.21 bits per heavy atom. The third-order valence-corrected chi connectivity index (χ3v) is 3.82. The van der Waals surface area contributed by atoms with Gasteiger partial charge in [0.25, 0.3) is 0 Å². The second-order valence-electron chi connectivity index (χ2n) is 5.02. The standard InChI is InChI=1S/C11H22NO6P/c1-7(13)12-9-8(14)6-11(2,4-5-19(15)16)18-10(9)17-3/h8-10,14-16H,4-6H2,1-3H3,(H,12,13)/t8?,9?,10-,11+/m0/s1. The van der Waals surface area contributed by atoms with E-state index in [1.165, 1.54) is 14.0 Å². The van der Waals surface area contributed by atoms with Crippen molar-refractivity contribution < 1.29 is 29.2 Å². The fourth-order valence-corrected chi connectivity index (χ4v) is 2.92. The first-order valence-electron chi connectivity index (χ1n) is 6.08. The summed E-state index contributed by atoms with van der Waals surface area (Å²) < 4.78 is 10.9. The minimum atomic E-state index is -1.99. The molecule has 4 atom stereocenters. The molecule has 0 aromatic rings. The van der Waals surface area contributed by atoms with E-state index in [2.05, 4.69) is 5.32 Å². The molecule has 2 unspecified atom stereocenters. The largest absolute Gasteiger partial charge is 0.391 e. The summed E-state index contributed by atoms with van der Waals surface area (Å²) in [6, 6.07) is -0.625. The number of hydrogen-bond donors (Lipinski definition) is 4. The third kappa shape index (κ3) is 4.95. The summed E-state index contributed by atoms with van der Waals surface area (Å²) in [5, 5.41) is 12.7. The summed E-state index contributed by atoms with van der Waals surface area (Å²) in [7, 11) is -0.554. The second-order valence-corrected chi connectivity index (χ2v) is 6.21. The van der Waals surface area contributed by atoms with Crippen molar-refractivity contribution in [3.05, 3.63) is 0 Å². The molecule has 0 aliphatic carbocycles. The molecule has 1 fully saturated rings. The van der Waals surface area contributed by atoms with Crippen molar-refractivity contribution in [2.24, 2.45) is 0 Å². The van der Waals surface area contributed by atoms with Crippen LogP contribution in [-0.4, -0.2) is 58.1 Å². The molecule has 0 bridgehead atoms. The van der Waals surface area contributed by atoms with Crippen LogP contribution in [0.4, 0.5) is 0 Å². The molecule has 1 aliphatic heterocycles. The number of hydrogen-bond acceptors (Lipinski definition) is 6. The van der Waals surface area contributed by atoms with Crippen LogP contribution in [0.25, 0.3) is 0 Å². The maximum absolute atomic E-state index is 11.1. The minimum Gasteiger partial charge on any atom is -0.391 e. The highest BCUT2D eigenvalue weighted by Gasteiger charge is 2.44. The van der Waals surface area contributed by atoms with Gasteiger partial charge >= 0.3 is 0 Å². The molecule has 0 aromatic carbocycles. The SMILES string of the molecule is CO[C@H]1O[C@](C)(CCP(O)O)CC(O)C1NC(C)=O. The van der Waals surface area contributed by atoms with Crippen LogP contribution in [0.2, 0.25) is 0 Å². The summed E-state index contributed by atoms with van der Waals surface area (Å²) in [4.78, 5) is 29.0. The second kappa shape index (κ2) is 6.92. The molecule has 1 saturated heterocycles. The molecular weight excluding hydrogens is 273 g/mol. The van der Waals surface area contributed by atoms with Gasteiger partial charge in [-0.2, -0.15) is 0 Å². The first-order chi connectivity index (χ1) is 8.77. The Hall–Kier alpha value is -0.300. The number of amides is 1. The molecule has 1 heterocycles. The summed E-state index contributed by atoms with van der Waals surface area (Å²) in [6.45, 7) is 3.14. The van der Waals surface area contributed by atoms with Crippen molar-refractivity contribution in [2.75, 3.05) is 13.3 Å². The van der Waals surface area contributed by atoms with E-state index in [0.717, 1.165) is 0 Å². The smallest absolute Gasteiger partial charge is 0.217 e. The van der Waals surface area contributed by atoms with E-state index >= 15 is 0 Å². The monoisotopic (exact) mass is 295 g/mol. The lowest BCUT2D eigenvalue weighted by Gasteiger charge is -2.45. The van der Waals surface area contributed by atoms with Crippen molar-refractivity contribution >= 4 is 14.3 Å². The van der Waals surface area contributed by atoms with Crippen LogP contribution in [0.3, 0.4) is 0 Å². The van der Waals surface area contributed by atoms with Gasteiger partial charge in [0.15, 0.2) is 14.7 Å². The molecular formula is C11H22NO6P. The number of rotatable bonds is 5. The summed E-state index contributed by atoms with van der Waals surface area (Å²) in [6.07, 6.45) is -0.673. The molecule has 8 heteroatoms. The summed E-state index contributed by atoms with van der Waals surface area (Å²) >= 11 is 0. The zero-order chi connectivity index (χ0) is 14.6. The number of carbonyl (C=O) groups excluding carboxylic acids is 1. The highest BCUT2D eigenvalue weighted by Crippen LogP contribution is 2.36. The number of methoxy groups -OCH3 is 1. The van der Waals surface area contributed by atoms with E-state index in [1.54, 1.807) is 6.92 Å². The Morgan fingerprint density at radius 1 is 1.58 bits per heavy atom. The van der Waals surface area contributed by atoms with Crippen LogP contribution in [0, 0.1) is 0 Å². The van der Waals surface area contributed by atoms with Crippen LogP contribution in [0.1, 0.15) is 26.7 Å². The minimum absolute atomic E-state index is 0.208. The van der Waals surface area contributed by atoms with E-state index in [1.807, 2.05) is 0 Å². The van der Waals surface area contributed by atoms with Gasteiger partial charge in [-0.25, -0.2) is 0 Å². The third-order valence-electron chi connectivity index (χ3n) is 3.19. The highest BCUT2D eigenvalue weighted by molar-refractivity contribution is 7.45. The van der Waals surface area contributed by atoms with Gasteiger partial charge in [-0.1, -0.05) is 0 Å². The highest BCUT2D eigenvalue weighted by atomic mass is 31.2. The maximum Gasteiger partial charge on any atom is 0.217 e. The average Bonchev–Trinajstić information content (AvgIpc) is 2.30. The number of nitrogens with one attached hydrogen (secondary N) is 1. The summed E-state index contributed by atoms with van der Waals surface area (Å²) in [5.74, 6) is -0.271. The molecule has 112 valence electrons. The first kappa shape index (κ1) is 16.8. The number of aliphatic hydroxyl groups excluding tert-OH is 1. The molecule has 0 spiro atoms. The van der Waals surface area contributed by atoms with Gasteiger partial charge < -0.3 is 29.7 Å². The van der Waals surface area contributed by atoms with E-state index in [-0.39, 0.29) is 12.1 Å². The Morgan fingerprint density at radius 3 is 2.68 bits per heavy atom. The Balaban J connectivity index is 2.71. The van der Waals surface area contributed by atoms with Crippen molar-refractivity contribution in [2.45, 2.75) is 50.7 Å². The van der Waals surface area contributed by atoms with Crippen molar-refractivity contribution in [3.63, 3.8) is 0 Å². The number of aliphatic hydroxyl groups is 1.